The Kier molecular flexibility index (Phi) is 2.57. The molecule has 3 aromatic rings. The fraction of sp³-hybridized carbons (Fsp3) is 0.0909. The molecular formula is C11H10BrN5O. The lowest BCUT2D eigenvalue weighted by Crippen LogP contribution is -1.99. The largest absolute Gasteiger partial charge is 0.335 e. The van der Waals surface area contributed by atoms with Crippen molar-refractivity contribution >= 4 is 27.0 Å². The van der Waals surface area contributed by atoms with E-state index in [2.05, 4.69) is 35.9 Å². The second-order valence-electron chi connectivity index (χ2n) is 3.90. The van der Waals surface area contributed by atoms with Crippen LogP contribution in [0.4, 0.5) is 0 Å². The Morgan fingerprint density at radius 1 is 1.22 bits per heavy atom. The number of rotatable bonds is 2. The van der Waals surface area contributed by atoms with Crippen LogP contribution in [0.3, 0.4) is 0 Å². The molecule has 0 unspecified atom stereocenters. The number of fused-ring (bicyclic) bond motifs is 1. The Morgan fingerprint density at radius 3 is 2.78 bits per heavy atom. The van der Waals surface area contributed by atoms with E-state index in [9.17, 15) is 4.79 Å². The molecule has 0 fully saturated rings. The molecule has 0 spiro atoms. The van der Waals surface area contributed by atoms with Crippen molar-refractivity contribution in [3.05, 3.63) is 39.1 Å². The van der Waals surface area contributed by atoms with E-state index in [0.717, 1.165) is 28.0 Å². The van der Waals surface area contributed by atoms with Gasteiger partial charge < -0.3 is 20.7 Å². The predicted octanol–water partition coefficient (Wildman–Crippen LogP) is 1.47. The smallest absolute Gasteiger partial charge is 0.323 e. The standard InChI is InChI=1S/C11H10BrN5O/c12-10-14-8(4-13)9(17-10)5-1-2-6-7(3-5)16-11(18)15-6/h1-3H,4,13H2,(H,14,17)(H2,15,16,18). The van der Waals surface area contributed by atoms with Crippen LogP contribution < -0.4 is 11.4 Å². The predicted molar refractivity (Wildman–Crippen MR) is 72.1 cm³/mol. The van der Waals surface area contributed by atoms with E-state index < -0.39 is 0 Å². The van der Waals surface area contributed by atoms with Crippen LogP contribution in [0.5, 0.6) is 0 Å². The SMILES string of the molecule is NCc1[nH]c(Br)nc1-c1ccc2[nH]c(=O)[nH]c2c1. The molecule has 18 heavy (non-hydrogen) atoms. The molecule has 1 aromatic carbocycles. The van der Waals surface area contributed by atoms with E-state index in [1.165, 1.54) is 0 Å². The van der Waals surface area contributed by atoms with Gasteiger partial charge in [-0.15, -0.1) is 0 Å². The van der Waals surface area contributed by atoms with Crippen LogP contribution in [-0.2, 0) is 6.54 Å². The quantitative estimate of drug-likeness (QED) is 0.576. The van der Waals surface area contributed by atoms with Gasteiger partial charge in [0.1, 0.15) is 0 Å². The highest BCUT2D eigenvalue weighted by Crippen LogP contribution is 2.25. The highest BCUT2D eigenvalue weighted by atomic mass is 79.9. The number of nitrogens with two attached hydrogens (primary N) is 1. The number of benzene rings is 1. The van der Waals surface area contributed by atoms with Gasteiger partial charge in [0.2, 0.25) is 0 Å². The van der Waals surface area contributed by atoms with Gasteiger partial charge in [-0.05, 0) is 28.1 Å². The Bertz CT molecular complexity index is 769. The van der Waals surface area contributed by atoms with Crippen LogP contribution in [0.1, 0.15) is 5.69 Å². The van der Waals surface area contributed by atoms with Crippen molar-refractivity contribution in [1.82, 2.24) is 19.9 Å². The molecule has 0 saturated carbocycles. The Balaban J connectivity index is 2.21. The first-order valence-corrected chi connectivity index (χ1v) is 6.13. The fourth-order valence-corrected chi connectivity index (χ4v) is 2.36. The zero-order chi connectivity index (χ0) is 12.7. The number of H-pyrrole nitrogens is 3. The van der Waals surface area contributed by atoms with Gasteiger partial charge in [0.05, 0.1) is 22.4 Å². The van der Waals surface area contributed by atoms with Crippen LogP contribution in [0.15, 0.2) is 27.7 Å². The van der Waals surface area contributed by atoms with Crippen molar-refractivity contribution in [3.8, 4) is 11.3 Å². The summed E-state index contributed by atoms with van der Waals surface area (Å²) in [6.07, 6.45) is 0. The van der Waals surface area contributed by atoms with Crippen molar-refractivity contribution in [2.45, 2.75) is 6.54 Å². The summed E-state index contributed by atoms with van der Waals surface area (Å²) < 4.78 is 0.639. The van der Waals surface area contributed by atoms with Crippen LogP contribution >= 0.6 is 15.9 Å². The van der Waals surface area contributed by atoms with Crippen LogP contribution in [0.25, 0.3) is 22.3 Å². The highest BCUT2D eigenvalue weighted by Gasteiger charge is 2.11. The van der Waals surface area contributed by atoms with Crippen molar-refractivity contribution in [2.24, 2.45) is 5.73 Å². The Morgan fingerprint density at radius 2 is 2.00 bits per heavy atom. The zero-order valence-electron chi connectivity index (χ0n) is 9.25. The monoisotopic (exact) mass is 307 g/mol. The molecule has 0 amide bonds. The van der Waals surface area contributed by atoms with Crippen molar-refractivity contribution in [3.63, 3.8) is 0 Å². The number of hydrogen-bond donors (Lipinski definition) is 4. The van der Waals surface area contributed by atoms with Gasteiger partial charge in [-0.3, -0.25) is 0 Å². The van der Waals surface area contributed by atoms with Crippen molar-refractivity contribution in [2.75, 3.05) is 0 Å². The second kappa shape index (κ2) is 4.11. The van der Waals surface area contributed by atoms with E-state index in [1.54, 1.807) is 0 Å². The molecule has 7 heteroatoms. The zero-order valence-corrected chi connectivity index (χ0v) is 10.8. The molecule has 0 aliphatic heterocycles. The summed E-state index contributed by atoms with van der Waals surface area (Å²) in [6.45, 7) is 0.371. The highest BCUT2D eigenvalue weighted by molar-refractivity contribution is 9.10. The second-order valence-corrected chi connectivity index (χ2v) is 4.65. The molecule has 92 valence electrons. The average Bonchev–Trinajstić information content (AvgIpc) is 2.89. The molecule has 2 aromatic heterocycles. The van der Waals surface area contributed by atoms with Gasteiger partial charge in [-0.25, -0.2) is 9.78 Å². The van der Waals surface area contributed by atoms with E-state index >= 15 is 0 Å². The third-order valence-electron chi connectivity index (χ3n) is 2.74. The lowest BCUT2D eigenvalue weighted by Gasteiger charge is -2.00. The molecule has 0 atom stereocenters. The lowest BCUT2D eigenvalue weighted by atomic mass is 10.1. The van der Waals surface area contributed by atoms with Gasteiger partial charge >= 0.3 is 5.69 Å². The molecule has 0 saturated heterocycles. The molecule has 3 rings (SSSR count). The third kappa shape index (κ3) is 1.77. The number of nitrogens with zero attached hydrogens (tertiary/aromatic N) is 1. The van der Waals surface area contributed by atoms with Crippen molar-refractivity contribution < 1.29 is 0 Å². The van der Waals surface area contributed by atoms with E-state index in [-0.39, 0.29) is 5.69 Å². The maximum atomic E-state index is 11.2. The molecule has 0 radical (unpaired) electrons. The summed E-state index contributed by atoms with van der Waals surface area (Å²) in [6, 6.07) is 5.61. The molecule has 5 N–H and O–H groups in total. The first-order chi connectivity index (χ1) is 8.67. The number of nitrogens with one attached hydrogen (secondary N) is 3. The number of imidazole rings is 2. The summed E-state index contributed by atoms with van der Waals surface area (Å²) in [7, 11) is 0. The van der Waals surface area contributed by atoms with E-state index in [0.29, 0.717) is 11.3 Å². The first kappa shape index (κ1) is 11.2. The fourth-order valence-electron chi connectivity index (χ4n) is 1.94. The molecular weight excluding hydrogens is 298 g/mol. The van der Waals surface area contributed by atoms with Gasteiger partial charge in [-0.1, -0.05) is 6.07 Å². The summed E-state index contributed by atoms with van der Waals surface area (Å²) in [4.78, 5) is 24.0. The van der Waals surface area contributed by atoms with Gasteiger partial charge in [0.25, 0.3) is 0 Å². The number of aromatic nitrogens is 4. The maximum absolute atomic E-state index is 11.2. The summed E-state index contributed by atoms with van der Waals surface area (Å²) >= 11 is 3.29. The normalized spacial score (nSPS) is 11.2. The minimum absolute atomic E-state index is 0.218. The summed E-state index contributed by atoms with van der Waals surface area (Å²) in [5.41, 5.74) is 9.50. The Hall–Kier alpha value is -1.86. The van der Waals surface area contributed by atoms with Crippen molar-refractivity contribution in [1.29, 1.82) is 0 Å². The maximum Gasteiger partial charge on any atom is 0.323 e. The van der Waals surface area contributed by atoms with Gasteiger partial charge in [-0.2, -0.15) is 0 Å². The number of hydrogen-bond acceptors (Lipinski definition) is 3. The first-order valence-electron chi connectivity index (χ1n) is 5.34. The topological polar surface area (TPSA) is 103 Å². The van der Waals surface area contributed by atoms with E-state index in [4.69, 9.17) is 5.73 Å². The lowest BCUT2D eigenvalue weighted by molar-refractivity contribution is 1.01. The molecule has 0 bridgehead atoms. The van der Waals surface area contributed by atoms with Gasteiger partial charge in [0.15, 0.2) is 4.73 Å². The summed E-state index contributed by atoms with van der Waals surface area (Å²) in [5, 5.41) is 0. The third-order valence-corrected chi connectivity index (χ3v) is 3.12. The molecule has 6 nitrogen and oxygen atoms in total. The minimum Gasteiger partial charge on any atom is -0.335 e. The van der Waals surface area contributed by atoms with Crippen LogP contribution in [0.2, 0.25) is 0 Å². The van der Waals surface area contributed by atoms with Gasteiger partial charge in [0, 0.05) is 12.1 Å². The molecule has 0 aliphatic carbocycles. The Labute approximate surface area is 110 Å². The summed E-state index contributed by atoms with van der Waals surface area (Å²) in [5.74, 6) is 0. The minimum atomic E-state index is -0.218. The van der Waals surface area contributed by atoms with Crippen LogP contribution in [0, 0.1) is 0 Å². The average molecular weight is 308 g/mol. The number of halogens is 1. The molecule has 2 heterocycles. The molecule has 0 aliphatic rings. The van der Waals surface area contributed by atoms with Crippen LogP contribution in [-0.4, -0.2) is 19.9 Å². The number of aromatic amines is 3. The van der Waals surface area contributed by atoms with E-state index in [1.807, 2.05) is 18.2 Å².